The van der Waals surface area contributed by atoms with Gasteiger partial charge in [0.1, 0.15) is 5.75 Å². The highest BCUT2D eigenvalue weighted by atomic mass is 16.3. The first-order valence-electron chi connectivity index (χ1n) is 8.00. The third-order valence-corrected chi connectivity index (χ3v) is 4.87. The number of phenolic OH excluding ortho intramolecular Hbond substituents is 1. The number of nitrogens with zero attached hydrogens (tertiary/aromatic N) is 1. The second-order valence-corrected chi connectivity index (χ2v) is 6.29. The van der Waals surface area contributed by atoms with Crippen molar-refractivity contribution in [3.05, 3.63) is 42.0 Å². The predicted molar refractivity (Wildman–Crippen MR) is 85.5 cm³/mol. The molecule has 0 bridgehead atoms. The first-order valence-corrected chi connectivity index (χ1v) is 8.00. The number of aromatic hydroxyl groups is 1. The Balaban J connectivity index is 1.80. The van der Waals surface area contributed by atoms with Crippen LogP contribution in [0, 0.1) is 5.92 Å². The number of piperazine rings is 1. The van der Waals surface area contributed by atoms with Gasteiger partial charge in [-0.3, -0.25) is 4.90 Å². The Labute approximate surface area is 125 Å². The number of rotatable bonds is 3. The van der Waals surface area contributed by atoms with E-state index in [4.69, 9.17) is 0 Å². The lowest BCUT2D eigenvalue weighted by Gasteiger charge is -2.36. The summed E-state index contributed by atoms with van der Waals surface area (Å²) in [6.07, 6.45) is 2.67. The number of phenols is 1. The Bertz CT molecular complexity index is 645. The molecule has 2 aromatic carbocycles. The molecule has 1 saturated carbocycles. The fraction of sp³-hybridized carbons (Fsp3) is 0.444. The molecule has 0 radical (unpaired) electrons. The smallest absolute Gasteiger partial charge is 0.123 e. The lowest BCUT2D eigenvalue weighted by Crippen LogP contribution is -2.45. The van der Waals surface area contributed by atoms with Crippen molar-refractivity contribution in [2.24, 2.45) is 5.92 Å². The summed E-state index contributed by atoms with van der Waals surface area (Å²) in [7, 11) is 0. The van der Waals surface area contributed by atoms with Gasteiger partial charge in [0.2, 0.25) is 0 Å². The van der Waals surface area contributed by atoms with Crippen LogP contribution in [-0.4, -0.2) is 36.2 Å². The average molecular weight is 282 g/mol. The van der Waals surface area contributed by atoms with Gasteiger partial charge in [0, 0.05) is 37.6 Å². The van der Waals surface area contributed by atoms with E-state index in [1.807, 2.05) is 18.2 Å². The van der Waals surface area contributed by atoms with E-state index in [1.54, 1.807) is 0 Å². The molecule has 21 heavy (non-hydrogen) atoms. The highest BCUT2D eigenvalue weighted by Crippen LogP contribution is 2.47. The fourth-order valence-electron chi connectivity index (χ4n) is 3.69. The van der Waals surface area contributed by atoms with Crippen molar-refractivity contribution >= 4 is 10.8 Å². The van der Waals surface area contributed by atoms with E-state index in [0.717, 1.165) is 37.5 Å². The van der Waals surface area contributed by atoms with E-state index in [9.17, 15) is 5.11 Å². The Morgan fingerprint density at radius 2 is 1.71 bits per heavy atom. The first kappa shape index (κ1) is 13.1. The Kier molecular flexibility index (Phi) is 3.32. The molecule has 1 aliphatic carbocycles. The summed E-state index contributed by atoms with van der Waals surface area (Å²) in [5, 5.41) is 15.8. The topological polar surface area (TPSA) is 35.5 Å². The molecule has 110 valence electrons. The molecule has 1 atom stereocenters. The van der Waals surface area contributed by atoms with Gasteiger partial charge < -0.3 is 10.4 Å². The molecule has 1 aliphatic heterocycles. The van der Waals surface area contributed by atoms with Gasteiger partial charge >= 0.3 is 0 Å². The number of nitrogens with one attached hydrogen (secondary N) is 1. The normalized spacial score (nSPS) is 21.5. The number of fused-ring (bicyclic) bond motifs is 1. The molecule has 2 N–H and O–H groups in total. The Morgan fingerprint density at radius 1 is 1.00 bits per heavy atom. The molecule has 0 amide bonds. The van der Waals surface area contributed by atoms with E-state index >= 15 is 0 Å². The standard InChI is InChI=1S/C18H22N2O/c21-17-8-7-16(14-3-1-2-4-15(14)17)18(13-5-6-13)20-11-9-19-10-12-20/h1-4,7-8,13,18-19,21H,5-6,9-12H2/t18-/m1/s1. The van der Waals surface area contributed by atoms with Crippen molar-refractivity contribution in [2.75, 3.05) is 26.2 Å². The predicted octanol–water partition coefficient (Wildman–Crippen LogP) is 2.90. The molecular formula is C18H22N2O. The zero-order valence-corrected chi connectivity index (χ0v) is 12.3. The van der Waals surface area contributed by atoms with Gasteiger partial charge in [0.05, 0.1) is 0 Å². The van der Waals surface area contributed by atoms with E-state index in [0.29, 0.717) is 11.8 Å². The fourth-order valence-corrected chi connectivity index (χ4v) is 3.69. The maximum Gasteiger partial charge on any atom is 0.123 e. The van der Waals surface area contributed by atoms with Crippen LogP contribution in [0.5, 0.6) is 5.75 Å². The van der Waals surface area contributed by atoms with Gasteiger partial charge in [-0.1, -0.05) is 30.3 Å². The minimum atomic E-state index is 0.393. The first-order chi connectivity index (χ1) is 10.3. The lowest BCUT2D eigenvalue weighted by molar-refractivity contribution is 0.157. The van der Waals surface area contributed by atoms with Crippen molar-refractivity contribution in [1.29, 1.82) is 0 Å². The average Bonchev–Trinajstić information content (AvgIpc) is 3.36. The van der Waals surface area contributed by atoms with Gasteiger partial charge in [-0.05, 0) is 35.8 Å². The summed E-state index contributed by atoms with van der Waals surface area (Å²) in [5.41, 5.74) is 1.40. The molecule has 1 saturated heterocycles. The number of benzene rings is 2. The minimum absolute atomic E-state index is 0.393. The third kappa shape index (κ3) is 2.41. The van der Waals surface area contributed by atoms with Gasteiger partial charge in [0.25, 0.3) is 0 Å². The van der Waals surface area contributed by atoms with Crippen molar-refractivity contribution in [3.63, 3.8) is 0 Å². The number of hydrogen-bond donors (Lipinski definition) is 2. The molecule has 0 unspecified atom stereocenters. The van der Waals surface area contributed by atoms with Crippen LogP contribution >= 0.6 is 0 Å². The molecule has 2 aromatic rings. The monoisotopic (exact) mass is 282 g/mol. The van der Waals surface area contributed by atoms with Crippen LogP contribution in [0.1, 0.15) is 24.4 Å². The van der Waals surface area contributed by atoms with Crippen molar-refractivity contribution < 1.29 is 5.11 Å². The molecule has 3 heteroatoms. The van der Waals surface area contributed by atoms with Crippen LogP contribution in [-0.2, 0) is 0 Å². The van der Waals surface area contributed by atoms with E-state index in [1.165, 1.54) is 23.8 Å². The van der Waals surface area contributed by atoms with Crippen LogP contribution in [0.25, 0.3) is 10.8 Å². The maximum atomic E-state index is 10.1. The largest absolute Gasteiger partial charge is 0.507 e. The third-order valence-electron chi connectivity index (χ3n) is 4.87. The van der Waals surface area contributed by atoms with E-state index < -0.39 is 0 Å². The second-order valence-electron chi connectivity index (χ2n) is 6.29. The molecule has 4 rings (SSSR count). The highest BCUT2D eigenvalue weighted by Gasteiger charge is 2.37. The van der Waals surface area contributed by atoms with Crippen molar-refractivity contribution in [3.8, 4) is 5.75 Å². The molecule has 1 heterocycles. The van der Waals surface area contributed by atoms with Crippen LogP contribution in [0.15, 0.2) is 36.4 Å². The zero-order chi connectivity index (χ0) is 14.2. The quantitative estimate of drug-likeness (QED) is 0.908. The molecule has 2 aliphatic rings. The second kappa shape index (κ2) is 5.32. The highest BCUT2D eigenvalue weighted by molar-refractivity contribution is 5.91. The summed E-state index contributed by atoms with van der Waals surface area (Å²) in [5.74, 6) is 1.18. The summed E-state index contributed by atoms with van der Waals surface area (Å²) in [6.45, 7) is 4.41. The van der Waals surface area contributed by atoms with Crippen LogP contribution in [0.3, 0.4) is 0 Å². The summed E-state index contributed by atoms with van der Waals surface area (Å²) >= 11 is 0. The van der Waals surface area contributed by atoms with Crippen molar-refractivity contribution in [1.82, 2.24) is 10.2 Å². The van der Waals surface area contributed by atoms with Gasteiger partial charge in [-0.2, -0.15) is 0 Å². The Morgan fingerprint density at radius 3 is 2.43 bits per heavy atom. The molecule has 0 spiro atoms. The zero-order valence-electron chi connectivity index (χ0n) is 12.3. The van der Waals surface area contributed by atoms with E-state index in [2.05, 4.69) is 28.4 Å². The molecular weight excluding hydrogens is 260 g/mol. The van der Waals surface area contributed by atoms with Crippen LogP contribution in [0.2, 0.25) is 0 Å². The van der Waals surface area contributed by atoms with E-state index in [-0.39, 0.29) is 0 Å². The van der Waals surface area contributed by atoms with Gasteiger partial charge in [-0.15, -0.1) is 0 Å². The maximum absolute atomic E-state index is 10.1. The lowest BCUT2D eigenvalue weighted by atomic mass is 9.93. The molecule has 3 nitrogen and oxygen atoms in total. The van der Waals surface area contributed by atoms with Gasteiger partial charge in [0.15, 0.2) is 0 Å². The summed E-state index contributed by atoms with van der Waals surface area (Å²) in [6, 6.07) is 12.8. The summed E-state index contributed by atoms with van der Waals surface area (Å²) in [4.78, 5) is 2.63. The Hall–Kier alpha value is -1.58. The van der Waals surface area contributed by atoms with Crippen LogP contribution in [0.4, 0.5) is 0 Å². The van der Waals surface area contributed by atoms with Crippen LogP contribution < -0.4 is 5.32 Å². The van der Waals surface area contributed by atoms with Crippen molar-refractivity contribution in [2.45, 2.75) is 18.9 Å². The number of hydrogen-bond acceptors (Lipinski definition) is 3. The summed E-state index contributed by atoms with van der Waals surface area (Å²) < 4.78 is 0. The minimum Gasteiger partial charge on any atom is -0.507 e. The molecule has 0 aromatic heterocycles. The molecule has 2 fully saturated rings. The van der Waals surface area contributed by atoms with Gasteiger partial charge in [-0.25, -0.2) is 0 Å². The SMILES string of the molecule is Oc1ccc([C@@H](C2CC2)N2CCNCC2)c2ccccc12.